The number of aliphatic hydroxyl groups is 4. The summed E-state index contributed by atoms with van der Waals surface area (Å²) in [5.41, 5.74) is 0. The molecule has 1 saturated heterocycles. The molecular formula is C7H14O6. The predicted octanol–water partition coefficient (Wildman–Crippen LogP) is -2.57. The highest BCUT2D eigenvalue weighted by Gasteiger charge is 2.41. The van der Waals surface area contributed by atoms with Crippen LogP contribution in [0.3, 0.4) is 0 Å². The van der Waals surface area contributed by atoms with E-state index in [9.17, 15) is 10.2 Å². The molecule has 0 aromatic heterocycles. The maximum atomic E-state index is 9.33. The number of methoxy groups -OCH3 is 1. The SMILES string of the molecule is COC(O)C(O)C1OCC(O)C1O. The molecule has 0 amide bonds. The van der Waals surface area contributed by atoms with Gasteiger partial charge in [0.1, 0.15) is 24.4 Å². The van der Waals surface area contributed by atoms with E-state index in [1.54, 1.807) is 0 Å². The number of aliphatic hydroxyl groups excluding tert-OH is 4. The van der Waals surface area contributed by atoms with Crippen LogP contribution in [0.4, 0.5) is 0 Å². The number of ether oxygens (including phenoxy) is 2. The van der Waals surface area contributed by atoms with Gasteiger partial charge in [-0.3, -0.25) is 0 Å². The molecule has 13 heavy (non-hydrogen) atoms. The summed E-state index contributed by atoms with van der Waals surface area (Å²) in [6, 6.07) is 0. The Morgan fingerprint density at radius 1 is 1.38 bits per heavy atom. The van der Waals surface area contributed by atoms with Crippen molar-refractivity contribution in [2.75, 3.05) is 13.7 Å². The average Bonchev–Trinajstić information content (AvgIpc) is 2.45. The molecule has 0 saturated carbocycles. The van der Waals surface area contributed by atoms with Crippen LogP contribution in [0, 0.1) is 0 Å². The average molecular weight is 194 g/mol. The van der Waals surface area contributed by atoms with Crippen molar-refractivity contribution in [2.24, 2.45) is 0 Å². The molecule has 0 aliphatic carbocycles. The van der Waals surface area contributed by atoms with Crippen LogP contribution in [0.15, 0.2) is 0 Å². The molecular weight excluding hydrogens is 180 g/mol. The largest absolute Gasteiger partial charge is 0.388 e. The highest BCUT2D eigenvalue weighted by molar-refractivity contribution is 4.88. The van der Waals surface area contributed by atoms with E-state index in [1.165, 1.54) is 7.11 Å². The molecule has 6 nitrogen and oxygen atoms in total. The summed E-state index contributed by atoms with van der Waals surface area (Å²) in [5, 5.41) is 36.7. The molecule has 1 rings (SSSR count). The summed E-state index contributed by atoms with van der Waals surface area (Å²) in [4.78, 5) is 0. The van der Waals surface area contributed by atoms with Crippen molar-refractivity contribution in [1.82, 2.24) is 0 Å². The zero-order valence-corrected chi connectivity index (χ0v) is 7.20. The van der Waals surface area contributed by atoms with Gasteiger partial charge in [-0.1, -0.05) is 0 Å². The number of rotatable bonds is 3. The van der Waals surface area contributed by atoms with Crippen LogP contribution in [-0.2, 0) is 9.47 Å². The first-order valence-corrected chi connectivity index (χ1v) is 3.94. The normalized spacial score (nSPS) is 39.0. The van der Waals surface area contributed by atoms with Gasteiger partial charge in [0.05, 0.1) is 6.61 Å². The number of hydrogen-bond donors (Lipinski definition) is 4. The Morgan fingerprint density at radius 3 is 2.38 bits per heavy atom. The van der Waals surface area contributed by atoms with Crippen LogP contribution < -0.4 is 0 Å². The Morgan fingerprint density at radius 2 is 2.00 bits per heavy atom. The monoisotopic (exact) mass is 194 g/mol. The van der Waals surface area contributed by atoms with E-state index in [2.05, 4.69) is 4.74 Å². The maximum absolute atomic E-state index is 9.33. The number of hydrogen-bond acceptors (Lipinski definition) is 6. The van der Waals surface area contributed by atoms with Crippen molar-refractivity contribution in [1.29, 1.82) is 0 Å². The van der Waals surface area contributed by atoms with Crippen LogP contribution in [0.25, 0.3) is 0 Å². The first kappa shape index (κ1) is 10.8. The Labute approximate surface area is 75.3 Å². The summed E-state index contributed by atoms with van der Waals surface area (Å²) in [6.45, 7) is -0.0562. The van der Waals surface area contributed by atoms with Gasteiger partial charge in [-0.25, -0.2) is 0 Å². The lowest BCUT2D eigenvalue weighted by Gasteiger charge is -2.24. The molecule has 4 N–H and O–H groups in total. The second-order valence-electron chi connectivity index (χ2n) is 2.97. The fourth-order valence-corrected chi connectivity index (χ4v) is 1.23. The van der Waals surface area contributed by atoms with E-state index in [4.69, 9.17) is 14.9 Å². The summed E-state index contributed by atoms with van der Waals surface area (Å²) in [7, 11) is 1.21. The van der Waals surface area contributed by atoms with Crippen molar-refractivity contribution in [3.05, 3.63) is 0 Å². The van der Waals surface area contributed by atoms with Gasteiger partial charge < -0.3 is 29.9 Å². The van der Waals surface area contributed by atoms with Crippen molar-refractivity contribution in [3.63, 3.8) is 0 Å². The summed E-state index contributed by atoms with van der Waals surface area (Å²) >= 11 is 0. The minimum atomic E-state index is -1.43. The Hall–Kier alpha value is -0.240. The lowest BCUT2D eigenvalue weighted by Crippen LogP contribution is -2.45. The second-order valence-corrected chi connectivity index (χ2v) is 2.97. The van der Waals surface area contributed by atoms with Crippen LogP contribution in [0.1, 0.15) is 0 Å². The van der Waals surface area contributed by atoms with Gasteiger partial charge in [-0.2, -0.15) is 0 Å². The molecule has 0 radical (unpaired) electrons. The second kappa shape index (κ2) is 4.32. The van der Waals surface area contributed by atoms with Gasteiger partial charge in [-0.05, 0) is 0 Å². The van der Waals surface area contributed by atoms with Crippen LogP contribution in [-0.4, -0.2) is 64.8 Å². The molecule has 0 aromatic rings. The molecule has 0 spiro atoms. The van der Waals surface area contributed by atoms with E-state index in [1.807, 2.05) is 0 Å². The Bertz CT molecular complexity index is 163. The van der Waals surface area contributed by atoms with Gasteiger partial charge >= 0.3 is 0 Å². The molecule has 1 heterocycles. The molecule has 1 aliphatic heterocycles. The smallest absolute Gasteiger partial charge is 0.183 e. The Kier molecular flexibility index (Phi) is 3.60. The predicted molar refractivity (Wildman–Crippen MR) is 40.8 cm³/mol. The summed E-state index contributed by atoms with van der Waals surface area (Å²) in [6.07, 6.45) is -6.02. The molecule has 5 atom stereocenters. The van der Waals surface area contributed by atoms with Gasteiger partial charge in [0, 0.05) is 7.11 Å². The zero-order chi connectivity index (χ0) is 10.0. The standard InChI is InChI=1S/C7H14O6/c1-12-7(11)5(10)6-4(9)3(8)2-13-6/h3-11H,2H2,1H3. The maximum Gasteiger partial charge on any atom is 0.183 e. The molecule has 6 heteroatoms. The minimum Gasteiger partial charge on any atom is -0.388 e. The van der Waals surface area contributed by atoms with E-state index in [0.717, 1.165) is 0 Å². The Balaban J connectivity index is 2.52. The van der Waals surface area contributed by atoms with E-state index >= 15 is 0 Å². The molecule has 78 valence electrons. The lowest BCUT2D eigenvalue weighted by molar-refractivity contribution is -0.187. The van der Waals surface area contributed by atoms with Gasteiger partial charge in [0.15, 0.2) is 6.29 Å². The summed E-state index contributed by atoms with van der Waals surface area (Å²) < 4.78 is 9.31. The lowest BCUT2D eigenvalue weighted by atomic mass is 10.1. The molecule has 0 bridgehead atoms. The molecule has 1 aliphatic rings. The topological polar surface area (TPSA) is 99.4 Å². The third kappa shape index (κ3) is 2.16. The minimum absolute atomic E-state index is 0.0562. The highest BCUT2D eigenvalue weighted by Crippen LogP contribution is 2.19. The molecule has 5 unspecified atom stereocenters. The molecule has 1 fully saturated rings. The van der Waals surface area contributed by atoms with Crippen molar-refractivity contribution >= 4 is 0 Å². The van der Waals surface area contributed by atoms with E-state index in [-0.39, 0.29) is 6.61 Å². The highest BCUT2D eigenvalue weighted by atomic mass is 16.6. The zero-order valence-electron chi connectivity index (χ0n) is 7.20. The van der Waals surface area contributed by atoms with Crippen molar-refractivity contribution < 1.29 is 29.9 Å². The molecule has 0 aromatic carbocycles. The van der Waals surface area contributed by atoms with Crippen LogP contribution >= 0.6 is 0 Å². The fraction of sp³-hybridized carbons (Fsp3) is 1.00. The van der Waals surface area contributed by atoms with Crippen molar-refractivity contribution in [3.8, 4) is 0 Å². The van der Waals surface area contributed by atoms with Crippen molar-refractivity contribution in [2.45, 2.75) is 30.7 Å². The third-order valence-corrected chi connectivity index (χ3v) is 2.06. The van der Waals surface area contributed by atoms with E-state index in [0.29, 0.717) is 0 Å². The van der Waals surface area contributed by atoms with Gasteiger partial charge in [0.25, 0.3) is 0 Å². The third-order valence-electron chi connectivity index (χ3n) is 2.06. The quantitative estimate of drug-likeness (QED) is 0.369. The van der Waals surface area contributed by atoms with Crippen LogP contribution in [0.5, 0.6) is 0 Å². The summed E-state index contributed by atoms with van der Waals surface area (Å²) in [5.74, 6) is 0. The first-order valence-electron chi connectivity index (χ1n) is 3.94. The van der Waals surface area contributed by atoms with E-state index < -0.39 is 30.7 Å². The first-order chi connectivity index (χ1) is 6.07. The van der Waals surface area contributed by atoms with Crippen LogP contribution in [0.2, 0.25) is 0 Å². The van der Waals surface area contributed by atoms with Gasteiger partial charge in [0.2, 0.25) is 0 Å². The van der Waals surface area contributed by atoms with Gasteiger partial charge in [-0.15, -0.1) is 0 Å². The fourth-order valence-electron chi connectivity index (χ4n) is 1.23.